The first-order valence-electron chi connectivity index (χ1n) is 2.62. The SMILES string of the molecule is C=NOC(C(N)=O)C(=O)OC. The van der Waals surface area contributed by atoms with Crippen LogP contribution in [0.2, 0.25) is 0 Å². The third kappa shape index (κ3) is 2.65. The van der Waals surface area contributed by atoms with Crippen molar-refractivity contribution in [1.29, 1.82) is 0 Å². The minimum absolute atomic E-state index is 0.898. The van der Waals surface area contributed by atoms with Crippen molar-refractivity contribution in [2.75, 3.05) is 7.11 Å². The Morgan fingerprint density at radius 3 is 2.45 bits per heavy atom. The fraction of sp³-hybridized carbons (Fsp3) is 0.400. The summed E-state index contributed by atoms with van der Waals surface area (Å²) in [6.07, 6.45) is -1.50. The van der Waals surface area contributed by atoms with E-state index in [2.05, 4.69) is 21.4 Å². The van der Waals surface area contributed by atoms with Gasteiger partial charge >= 0.3 is 5.97 Å². The molecule has 0 aromatic heterocycles. The van der Waals surface area contributed by atoms with Crippen molar-refractivity contribution >= 4 is 18.6 Å². The van der Waals surface area contributed by atoms with E-state index in [9.17, 15) is 9.59 Å². The smallest absolute Gasteiger partial charge is 0.360 e. The van der Waals surface area contributed by atoms with E-state index in [1.807, 2.05) is 0 Å². The first-order valence-corrected chi connectivity index (χ1v) is 2.62. The summed E-state index contributed by atoms with van der Waals surface area (Å²) in [5.41, 5.74) is 4.75. The number of carbonyl (C=O) groups excluding carboxylic acids is 2. The normalized spacial score (nSPS) is 11.4. The van der Waals surface area contributed by atoms with Crippen LogP contribution in [0, 0.1) is 0 Å². The number of esters is 1. The first kappa shape index (κ1) is 9.41. The fourth-order valence-corrected chi connectivity index (χ4v) is 0.393. The van der Waals surface area contributed by atoms with Crippen LogP contribution in [0.15, 0.2) is 5.16 Å². The predicted octanol–water partition coefficient (Wildman–Crippen LogP) is -1.35. The maximum atomic E-state index is 10.6. The fourth-order valence-electron chi connectivity index (χ4n) is 0.393. The summed E-state index contributed by atoms with van der Waals surface area (Å²) >= 11 is 0. The Labute approximate surface area is 62.9 Å². The first-order chi connectivity index (χ1) is 5.13. The number of amides is 1. The number of hydrogen-bond donors (Lipinski definition) is 1. The van der Waals surface area contributed by atoms with Gasteiger partial charge in [-0.05, 0) is 0 Å². The van der Waals surface area contributed by atoms with Crippen LogP contribution in [0.1, 0.15) is 0 Å². The van der Waals surface area contributed by atoms with Crippen LogP contribution in [0.5, 0.6) is 0 Å². The van der Waals surface area contributed by atoms with Crippen LogP contribution in [-0.4, -0.2) is 31.8 Å². The molecular formula is C5H8N2O4. The van der Waals surface area contributed by atoms with Crippen molar-refractivity contribution in [1.82, 2.24) is 0 Å². The Bertz CT molecular complexity index is 179. The van der Waals surface area contributed by atoms with Gasteiger partial charge in [0.05, 0.1) is 7.11 Å². The average Bonchev–Trinajstić information content (AvgIpc) is 1.98. The van der Waals surface area contributed by atoms with Crippen LogP contribution in [-0.2, 0) is 19.2 Å². The Balaban J connectivity index is 4.20. The van der Waals surface area contributed by atoms with Crippen molar-refractivity contribution in [2.24, 2.45) is 10.9 Å². The average molecular weight is 160 g/mol. The van der Waals surface area contributed by atoms with Crippen LogP contribution in [0.4, 0.5) is 0 Å². The molecule has 2 N–H and O–H groups in total. The van der Waals surface area contributed by atoms with E-state index >= 15 is 0 Å². The molecule has 6 heteroatoms. The van der Waals surface area contributed by atoms with E-state index in [0.717, 1.165) is 7.11 Å². The summed E-state index contributed by atoms with van der Waals surface area (Å²) in [5, 5.41) is 2.87. The number of ether oxygens (including phenoxy) is 1. The molecule has 1 amide bonds. The van der Waals surface area contributed by atoms with E-state index in [1.54, 1.807) is 0 Å². The highest BCUT2D eigenvalue weighted by Crippen LogP contribution is 1.93. The molecule has 1 atom stereocenters. The molecule has 0 rings (SSSR count). The van der Waals surface area contributed by atoms with Crippen molar-refractivity contribution in [3.05, 3.63) is 0 Å². The molecule has 0 bridgehead atoms. The minimum Gasteiger partial charge on any atom is -0.466 e. The zero-order chi connectivity index (χ0) is 8.85. The molecule has 0 aliphatic rings. The molecule has 0 radical (unpaired) electrons. The third-order valence-electron chi connectivity index (χ3n) is 0.854. The third-order valence-corrected chi connectivity index (χ3v) is 0.854. The molecule has 11 heavy (non-hydrogen) atoms. The number of hydrogen-bond acceptors (Lipinski definition) is 5. The molecule has 0 aliphatic heterocycles. The second-order valence-electron chi connectivity index (χ2n) is 1.54. The second kappa shape index (κ2) is 4.26. The predicted molar refractivity (Wildman–Crippen MR) is 35.6 cm³/mol. The van der Waals surface area contributed by atoms with Gasteiger partial charge in [0.2, 0.25) is 0 Å². The molecule has 0 aromatic rings. The molecule has 6 nitrogen and oxygen atoms in total. The summed E-state index contributed by atoms with van der Waals surface area (Å²) in [6.45, 7) is 2.91. The minimum atomic E-state index is -1.50. The molecule has 0 saturated heterocycles. The van der Waals surface area contributed by atoms with E-state index in [0.29, 0.717) is 0 Å². The highest BCUT2D eigenvalue weighted by molar-refractivity contribution is 5.99. The van der Waals surface area contributed by atoms with Gasteiger partial charge in [0, 0.05) is 6.72 Å². The van der Waals surface area contributed by atoms with Gasteiger partial charge in [-0.25, -0.2) is 4.79 Å². The highest BCUT2D eigenvalue weighted by atomic mass is 16.7. The van der Waals surface area contributed by atoms with Crippen molar-refractivity contribution in [2.45, 2.75) is 6.10 Å². The van der Waals surface area contributed by atoms with Crippen molar-refractivity contribution in [3.63, 3.8) is 0 Å². The van der Waals surface area contributed by atoms with Crippen molar-refractivity contribution < 1.29 is 19.2 Å². The Kier molecular flexibility index (Phi) is 3.65. The Morgan fingerprint density at radius 1 is 1.64 bits per heavy atom. The number of rotatable bonds is 4. The topological polar surface area (TPSA) is 91.0 Å². The molecule has 0 aliphatic carbocycles. The van der Waals surface area contributed by atoms with Gasteiger partial charge in [-0.3, -0.25) is 4.79 Å². The lowest BCUT2D eigenvalue weighted by atomic mass is 10.3. The van der Waals surface area contributed by atoms with Gasteiger partial charge in [-0.1, -0.05) is 0 Å². The Hall–Kier alpha value is -1.59. The molecule has 0 heterocycles. The number of nitrogens with zero attached hydrogens (tertiary/aromatic N) is 1. The van der Waals surface area contributed by atoms with Gasteiger partial charge < -0.3 is 15.3 Å². The maximum Gasteiger partial charge on any atom is 0.360 e. The van der Waals surface area contributed by atoms with Crippen LogP contribution in [0.25, 0.3) is 0 Å². The summed E-state index contributed by atoms with van der Waals surface area (Å²) in [5.74, 6) is -1.87. The number of primary amides is 1. The molecule has 0 aromatic carbocycles. The highest BCUT2D eigenvalue weighted by Gasteiger charge is 2.27. The van der Waals surface area contributed by atoms with E-state index in [1.165, 1.54) is 0 Å². The molecule has 1 unspecified atom stereocenters. The van der Waals surface area contributed by atoms with Crippen molar-refractivity contribution in [3.8, 4) is 0 Å². The standard InChI is InChI=1S/C5H8N2O4/c1-7-11-3(4(6)8)5(9)10-2/h3H,1H2,2H3,(H2,6,8). The van der Waals surface area contributed by atoms with Gasteiger partial charge in [0.25, 0.3) is 12.0 Å². The molecule has 0 fully saturated rings. The van der Waals surface area contributed by atoms with Gasteiger partial charge in [-0.15, -0.1) is 5.16 Å². The number of methoxy groups -OCH3 is 1. The van der Waals surface area contributed by atoms with Crippen LogP contribution in [0.3, 0.4) is 0 Å². The van der Waals surface area contributed by atoms with Gasteiger partial charge in [-0.2, -0.15) is 0 Å². The lowest BCUT2D eigenvalue weighted by Gasteiger charge is -2.06. The van der Waals surface area contributed by atoms with Crippen LogP contribution >= 0.6 is 0 Å². The zero-order valence-electron chi connectivity index (χ0n) is 5.94. The molecule has 0 spiro atoms. The Morgan fingerprint density at radius 2 is 2.18 bits per heavy atom. The molecule has 62 valence electrons. The molecule has 0 saturated carbocycles. The summed E-state index contributed by atoms with van der Waals surface area (Å²) in [6, 6.07) is 0. The lowest BCUT2D eigenvalue weighted by molar-refractivity contribution is -0.158. The van der Waals surface area contributed by atoms with E-state index < -0.39 is 18.0 Å². The maximum absolute atomic E-state index is 10.6. The largest absolute Gasteiger partial charge is 0.466 e. The van der Waals surface area contributed by atoms with Crippen LogP contribution < -0.4 is 5.73 Å². The summed E-state index contributed by atoms with van der Waals surface area (Å²) in [4.78, 5) is 25.2. The lowest BCUT2D eigenvalue weighted by Crippen LogP contribution is -2.37. The van der Waals surface area contributed by atoms with E-state index in [-0.39, 0.29) is 0 Å². The van der Waals surface area contributed by atoms with Gasteiger partial charge in [0.15, 0.2) is 0 Å². The van der Waals surface area contributed by atoms with E-state index in [4.69, 9.17) is 5.73 Å². The summed E-state index contributed by atoms with van der Waals surface area (Å²) < 4.78 is 4.17. The number of nitrogens with two attached hydrogens (primary N) is 1. The second-order valence-corrected chi connectivity index (χ2v) is 1.54. The zero-order valence-corrected chi connectivity index (χ0v) is 5.94. The van der Waals surface area contributed by atoms with Gasteiger partial charge in [0.1, 0.15) is 0 Å². The number of carbonyl (C=O) groups is 2. The quantitative estimate of drug-likeness (QED) is 0.238. The number of oxime groups is 1. The summed E-state index contributed by atoms with van der Waals surface area (Å²) in [7, 11) is 1.10. The monoisotopic (exact) mass is 160 g/mol. The molecular weight excluding hydrogens is 152 g/mol.